The first-order valence-corrected chi connectivity index (χ1v) is 9.57. The van der Waals surface area contributed by atoms with Gasteiger partial charge in [0.15, 0.2) is 0 Å². The van der Waals surface area contributed by atoms with E-state index in [0.717, 1.165) is 28.9 Å². The van der Waals surface area contributed by atoms with Crippen molar-refractivity contribution in [2.45, 2.75) is 26.8 Å². The minimum Gasteiger partial charge on any atom is -0.368 e. The van der Waals surface area contributed by atoms with Crippen molar-refractivity contribution in [3.8, 4) is 28.7 Å². The number of nitriles is 1. The Morgan fingerprint density at radius 2 is 1.80 bits per heavy atom. The second-order valence-electron chi connectivity index (χ2n) is 6.87. The van der Waals surface area contributed by atoms with E-state index in [1.807, 2.05) is 43.5 Å². The summed E-state index contributed by atoms with van der Waals surface area (Å²) in [6.45, 7) is 4.50. The number of aromatic nitrogens is 6. The number of pyridine rings is 1. The third kappa shape index (κ3) is 3.86. The van der Waals surface area contributed by atoms with Gasteiger partial charge in [-0.15, -0.1) is 5.10 Å². The van der Waals surface area contributed by atoms with Crippen molar-refractivity contribution < 1.29 is 0 Å². The smallest absolute Gasteiger partial charge is 0.221 e. The molecule has 1 aromatic carbocycles. The highest BCUT2D eigenvalue weighted by atomic mass is 15.4. The summed E-state index contributed by atoms with van der Waals surface area (Å²) in [7, 11) is 0. The van der Waals surface area contributed by atoms with Crippen LogP contribution in [0.4, 0.5) is 5.95 Å². The third-order valence-electron chi connectivity index (χ3n) is 4.76. The Balaban J connectivity index is 1.69. The van der Waals surface area contributed by atoms with Crippen LogP contribution in [-0.2, 0) is 13.0 Å². The van der Waals surface area contributed by atoms with Crippen molar-refractivity contribution in [1.82, 2.24) is 29.9 Å². The number of anilines is 1. The molecule has 0 unspecified atom stereocenters. The normalized spacial score (nSPS) is 10.7. The van der Waals surface area contributed by atoms with Gasteiger partial charge in [-0.05, 0) is 37.6 Å². The van der Waals surface area contributed by atoms with E-state index in [2.05, 4.69) is 38.3 Å². The SMILES string of the molecule is CCc1cccc(Cn2cc(-c3nc(N)nc(-c4cccc(C#N)c4)c3C)nn2)n1. The fraction of sp³-hybridized carbons (Fsp3) is 0.182. The van der Waals surface area contributed by atoms with Gasteiger partial charge in [-0.1, -0.05) is 30.3 Å². The van der Waals surface area contributed by atoms with Gasteiger partial charge in [0.05, 0.1) is 35.8 Å². The molecule has 2 N–H and O–H groups in total. The maximum atomic E-state index is 9.19. The molecule has 0 atom stereocenters. The van der Waals surface area contributed by atoms with Gasteiger partial charge in [0.1, 0.15) is 11.4 Å². The Morgan fingerprint density at radius 3 is 2.60 bits per heavy atom. The van der Waals surface area contributed by atoms with E-state index in [1.165, 1.54) is 0 Å². The second kappa shape index (κ2) is 8.09. The minimum absolute atomic E-state index is 0.139. The topological polar surface area (TPSA) is 119 Å². The lowest BCUT2D eigenvalue weighted by Gasteiger charge is -2.10. The molecule has 3 heterocycles. The van der Waals surface area contributed by atoms with E-state index in [-0.39, 0.29) is 5.95 Å². The largest absolute Gasteiger partial charge is 0.368 e. The van der Waals surface area contributed by atoms with Crippen molar-refractivity contribution in [2.75, 3.05) is 5.73 Å². The van der Waals surface area contributed by atoms with Gasteiger partial charge in [-0.2, -0.15) is 5.26 Å². The molecule has 0 spiro atoms. The summed E-state index contributed by atoms with van der Waals surface area (Å²) in [4.78, 5) is 13.4. The summed E-state index contributed by atoms with van der Waals surface area (Å²) in [5.41, 5.74) is 12.0. The minimum atomic E-state index is 0.139. The lowest BCUT2D eigenvalue weighted by Crippen LogP contribution is -2.04. The molecule has 0 aliphatic heterocycles. The van der Waals surface area contributed by atoms with Crippen LogP contribution in [0.5, 0.6) is 0 Å². The molecule has 8 nitrogen and oxygen atoms in total. The Hall–Kier alpha value is -4.12. The average molecular weight is 396 g/mol. The van der Waals surface area contributed by atoms with Gasteiger partial charge >= 0.3 is 0 Å². The van der Waals surface area contributed by atoms with E-state index in [0.29, 0.717) is 29.2 Å². The zero-order valence-corrected chi connectivity index (χ0v) is 16.7. The molecule has 0 aliphatic rings. The number of nitrogens with zero attached hydrogens (tertiary/aromatic N) is 7. The molecule has 0 saturated carbocycles. The molecule has 0 bridgehead atoms. The van der Waals surface area contributed by atoms with Gasteiger partial charge in [0.2, 0.25) is 5.95 Å². The number of hydrogen-bond acceptors (Lipinski definition) is 7. The van der Waals surface area contributed by atoms with E-state index in [1.54, 1.807) is 16.8 Å². The zero-order valence-electron chi connectivity index (χ0n) is 16.7. The van der Waals surface area contributed by atoms with Crippen LogP contribution in [0.1, 0.15) is 29.4 Å². The van der Waals surface area contributed by atoms with Crippen LogP contribution in [0.3, 0.4) is 0 Å². The maximum absolute atomic E-state index is 9.19. The predicted molar refractivity (Wildman–Crippen MR) is 113 cm³/mol. The molecule has 8 heteroatoms. The monoisotopic (exact) mass is 396 g/mol. The van der Waals surface area contributed by atoms with Gasteiger partial charge in [-0.25, -0.2) is 14.6 Å². The molecule has 148 valence electrons. The molecule has 4 aromatic rings. The van der Waals surface area contributed by atoms with Crippen LogP contribution in [0.25, 0.3) is 22.6 Å². The molecule has 0 radical (unpaired) electrons. The first-order valence-electron chi connectivity index (χ1n) is 9.57. The number of rotatable bonds is 5. The number of nitrogens with two attached hydrogens (primary N) is 1. The lowest BCUT2D eigenvalue weighted by molar-refractivity contribution is 0.636. The van der Waals surface area contributed by atoms with E-state index >= 15 is 0 Å². The van der Waals surface area contributed by atoms with Crippen LogP contribution in [0, 0.1) is 18.3 Å². The van der Waals surface area contributed by atoms with Crippen LogP contribution in [-0.4, -0.2) is 29.9 Å². The zero-order chi connectivity index (χ0) is 21.1. The summed E-state index contributed by atoms with van der Waals surface area (Å²) < 4.78 is 1.73. The Kier molecular flexibility index (Phi) is 5.18. The van der Waals surface area contributed by atoms with Crippen LogP contribution in [0.2, 0.25) is 0 Å². The number of benzene rings is 1. The van der Waals surface area contributed by atoms with Gasteiger partial charge in [0, 0.05) is 16.8 Å². The predicted octanol–water partition coefficient (Wildman–Crippen LogP) is 3.17. The molecule has 0 amide bonds. The fourth-order valence-corrected chi connectivity index (χ4v) is 3.26. The van der Waals surface area contributed by atoms with Crippen LogP contribution >= 0.6 is 0 Å². The quantitative estimate of drug-likeness (QED) is 0.550. The van der Waals surface area contributed by atoms with Gasteiger partial charge in [-0.3, -0.25) is 4.98 Å². The highest BCUT2D eigenvalue weighted by Crippen LogP contribution is 2.29. The number of nitrogen functional groups attached to an aromatic ring is 1. The van der Waals surface area contributed by atoms with E-state index in [4.69, 9.17) is 5.73 Å². The fourth-order valence-electron chi connectivity index (χ4n) is 3.26. The van der Waals surface area contributed by atoms with Crippen LogP contribution in [0.15, 0.2) is 48.7 Å². The summed E-state index contributed by atoms with van der Waals surface area (Å²) in [6.07, 6.45) is 2.70. The first kappa shape index (κ1) is 19.2. The van der Waals surface area contributed by atoms with Crippen LogP contribution < -0.4 is 5.73 Å². The summed E-state index contributed by atoms with van der Waals surface area (Å²) in [6, 6.07) is 15.4. The highest BCUT2D eigenvalue weighted by molar-refractivity contribution is 5.73. The molecule has 30 heavy (non-hydrogen) atoms. The highest BCUT2D eigenvalue weighted by Gasteiger charge is 2.16. The van der Waals surface area contributed by atoms with Crippen molar-refractivity contribution in [3.63, 3.8) is 0 Å². The summed E-state index contributed by atoms with van der Waals surface area (Å²) >= 11 is 0. The summed E-state index contributed by atoms with van der Waals surface area (Å²) in [5, 5.41) is 17.7. The first-order chi connectivity index (χ1) is 14.6. The third-order valence-corrected chi connectivity index (χ3v) is 4.76. The Morgan fingerprint density at radius 1 is 1.03 bits per heavy atom. The molecule has 0 aliphatic carbocycles. The van der Waals surface area contributed by atoms with Gasteiger partial charge < -0.3 is 5.73 Å². The van der Waals surface area contributed by atoms with Crippen molar-refractivity contribution in [1.29, 1.82) is 5.26 Å². The van der Waals surface area contributed by atoms with Crippen molar-refractivity contribution in [3.05, 3.63) is 71.2 Å². The van der Waals surface area contributed by atoms with E-state index in [9.17, 15) is 5.26 Å². The number of hydrogen-bond donors (Lipinski definition) is 1. The number of aryl methyl sites for hydroxylation is 1. The lowest BCUT2D eigenvalue weighted by atomic mass is 10.0. The van der Waals surface area contributed by atoms with Crippen molar-refractivity contribution in [2.24, 2.45) is 0 Å². The van der Waals surface area contributed by atoms with Gasteiger partial charge in [0.25, 0.3) is 0 Å². The molecular weight excluding hydrogens is 376 g/mol. The summed E-state index contributed by atoms with van der Waals surface area (Å²) in [5.74, 6) is 0.139. The second-order valence-corrected chi connectivity index (χ2v) is 6.87. The molecule has 0 fully saturated rings. The maximum Gasteiger partial charge on any atom is 0.221 e. The van der Waals surface area contributed by atoms with E-state index < -0.39 is 0 Å². The Labute approximate surface area is 174 Å². The van der Waals surface area contributed by atoms with Crippen molar-refractivity contribution >= 4 is 5.95 Å². The molecule has 0 saturated heterocycles. The molecule has 3 aromatic heterocycles. The molecule has 4 rings (SSSR count). The average Bonchev–Trinajstić information content (AvgIpc) is 3.23. The standard InChI is InChI=1S/C22H20N8/c1-3-17-8-5-9-18(25-17)12-30-13-19(28-29-30)21-14(2)20(26-22(24)27-21)16-7-4-6-15(10-16)11-23/h4-10,13H,3,12H2,1-2H3,(H2,24,26,27). The molecular formula is C22H20N8. The Bertz CT molecular complexity index is 1250.